The fraction of sp³-hybridized carbons (Fsp3) is 0.357. The largest absolute Gasteiger partial charge is 0.484 e. The molecule has 2 aromatic rings. The van der Waals surface area contributed by atoms with Crippen molar-refractivity contribution in [3.63, 3.8) is 0 Å². The van der Waals surface area contributed by atoms with E-state index in [4.69, 9.17) is 4.74 Å². The van der Waals surface area contributed by atoms with E-state index < -0.39 is 0 Å². The van der Waals surface area contributed by atoms with Gasteiger partial charge in [-0.05, 0) is 38.5 Å². The summed E-state index contributed by atoms with van der Waals surface area (Å²) in [5, 5.41) is 16.4. The summed E-state index contributed by atoms with van der Waals surface area (Å²) in [7, 11) is 0. The molecule has 0 saturated carbocycles. The average molecular weight is 246 g/mol. The lowest BCUT2D eigenvalue weighted by atomic mass is 10.1. The molecule has 1 atom stereocenters. The molecule has 1 heterocycles. The van der Waals surface area contributed by atoms with Crippen molar-refractivity contribution < 1.29 is 9.84 Å². The van der Waals surface area contributed by atoms with Crippen LogP contribution >= 0.6 is 0 Å². The molecular weight excluding hydrogens is 228 g/mol. The first-order valence-corrected chi connectivity index (χ1v) is 5.99. The average Bonchev–Trinajstić information content (AvgIpc) is 2.70. The number of aliphatic hydroxyl groups excluding tert-OH is 1. The number of aromatic nitrogens is 2. The molecule has 0 bridgehead atoms. The number of rotatable bonds is 4. The smallest absolute Gasteiger partial charge is 0.140 e. The van der Waals surface area contributed by atoms with Gasteiger partial charge in [-0.3, -0.25) is 5.10 Å². The van der Waals surface area contributed by atoms with Crippen LogP contribution < -0.4 is 4.74 Å². The fourth-order valence-corrected chi connectivity index (χ4v) is 1.96. The second-order valence-electron chi connectivity index (χ2n) is 4.45. The molecule has 1 unspecified atom stereocenters. The van der Waals surface area contributed by atoms with Gasteiger partial charge in [0.1, 0.15) is 17.5 Å². The topological polar surface area (TPSA) is 58.1 Å². The lowest BCUT2D eigenvalue weighted by Gasteiger charge is -2.14. The Kier molecular flexibility index (Phi) is 3.67. The molecule has 18 heavy (non-hydrogen) atoms. The van der Waals surface area contributed by atoms with Crippen LogP contribution in [-0.2, 0) is 6.61 Å². The maximum absolute atomic E-state index is 9.33. The monoisotopic (exact) mass is 246 g/mol. The lowest BCUT2D eigenvalue weighted by molar-refractivity contribution is 0.214. The minimum atomic E-state index is -0.195. The Hall–Kier alpha value is -1.81. The fourth-order valence-electron chi connectivity index (χ4n) is 1.96. The SMILES string of the molecule is Cc1cccc(OC(C)c2n[nH]c(C)c2CO)c1. The van der Waals surface area contributed by atoms with Crippen molar-refractivity contribution >= 4 is 0 Å². The molecule has 2 rings (SSSR count). The van der Waals surface area contributed by atoms with Crippen LogP contribution in [0.15, 0.2) is 24.3 Å². The van der Waals surface area contributed by atoms with Crippen molar-refractivity contribution in [3.05, 3.63) is 46.8 Å². The van der Waals surface area contributed by atoms with Crippen molar-refractivity contribution in [2.75, 3.05) is 0 Å². The van der Waals surface area contributed by atoms with Crippen LogP contribution in [0.5, 0.6) is 5.75 Å². The number of benzene rings is 1. The quantitative estimate of drug-likeness (QED) is 0.872. The Labute approximate surface area is 107 Å². The zero-order valence-electron chi connectivity index (χ0n) is 10.9. The summed E-state index contributed by atoms with van der Waals surface area (Å²) in [5.41, 5.74) is 3.61. The number of ether oxygens (including phenoxy) is 1. The van der Waals surface area contributed by atoms with Gasteiger partial charge in [0.2, 0.25) is 0 Å². The Morgan fingerprint density at radius 1 is 1.39 bits per heavy atom. The van der Waals surface area contributed by atoms with Crippen LogP contribution in [0.4, 0.5) is 0 Å². The minimum Gasteiger partial charge on any atom is -0.484 e. The first kappa shape index (κ1) is 12.6. The standard InChI is InChI=1S/C14H18N2O2/c1-9-5-4-6-12(7-9)18-11(3)14-13(8-17)10(2)15-16-14/h4-7,11,17H,8H2,1-3H3,(H,15,16). The summed E-state index contributed by atoms with van der Waals surface area (Å²) in [5.74, 6) is 0.812. The highest BCUT2D eigenvalue weighted by molar-refractivity contribution is 5.30. The Morgan fingerprint density at radius 3 is 2.83 bits per heavy atom. The van der Waals surface area contributed by atoms with Gasteiger partial charge < -0.3 is 9.84 Å². The normalized spacial score (nSPS) is 12.4. The van der Waals surface area contributed by atoms with E-state index in [2.05, 4.69) is 10.2 Å². The highest BCUT2D eigenvalue weighted by Gasteiger charge is 2.17. The van der Waals surface area contributed by atoms with Gasteiger partial charge in [0.25, 0.3) is 0 Å². The first-order chi connectivity index (χ1) is 8.61. The molecule has 4 heteroatoms. The van der Waals surface area contributed by atoms with Gasteiger partial charge >= 0.3 is 0 Å². The van der Waals surface area contributed by atoms with E-state index >= 15 is 0 Å². The molecule has 96 valence electrons. The van der Waals surface area contributed by atoms with E-state index in [0.717, 1.165) is 28.3 Å². The van der Waals surface area contributed by atoms with E-state index in [1.54, 1.807) is 0 Å². The summed E-state index contributed by atoms with van der Waals surface area (Å²) < 4.78 is 5.84. The Balaban J connectivity index is 2.19. The predicted molar refractivity (Wildman–Crippen MR) is 69.5 cm³/mol. The van der Waals surface area contributed by atoms with Crippen molar-refractivity contribution in [1.82, 2.24) is 10.2 Å². The van der Waals surface area contributed by atoms with Crippen LogP contribution in [0.3, 0.4) is 0 Å². The van der Waals surface area contributed by atoms with E-state index in [9.17, 15) is 5.11 Å². The summed E-state index contributed by atoms with van der Waals surface area (Å²) in [6.07, 6.45) is -0.195. The van der Waals surface area contributed by atoms with Crippen LogP contribution in [0.2, 0.25) is 0 Å². The maximum Gasteiger partial charge on any atom is 0.140 e. The van der Waals surface area contributed by atoms with E-state index in [0.29, 0.717) is 0 Å². The van der Waals surface area contributed by atoms with Gasteiger partial charge in [-0.15, -0.1) is 0 Å². The summed E-state index contributed by atoms with van der Waals surface area (Å²) in [4.78, 5) is 0. The summed E-state index contributed by atoms with van der Waals surface area (Å²) >= 11 is 0. The number of nitrogens with one attached hydrogen (secondary N) is 1. The summed E-state index contributed by atoms with van der Waals surface area (Å²) in [6.45, 7) is 5.81. The number of aromatic amines is 1. The Bertz CT molecular complexity index is 534. The van der Waals surface area contributed by atoms with Crippen molar-refractivity contribution in [2.24, 2.45) is 0 Å². The van der Waals surface area contributed by atoms with Crippen LogP contribution in [0.25, 0.3) is 0 Å². The molecule has 1 aromatic carbocycles. The zero-order chi connectivity index (χ0) is 13.1. The Morgan fingerprint density at radius 2 is 2.17 bits per heavy atom. The van der Waals surface area contributed by atoms with Crippen LogP contribution in [-0.4, -0.2) is 15.3 Å². The number of nitrogens with zero attached hydrogens (tertiary/aromatic N) is 1. The second-order valence-corrected chi connectivity index (χ2v) is 4.45. The second kappa shape index (κ2) is 5.23. The molecule has 0 radical (unpaired) electrons. The molecule has 0 saturated heterocycles. The molecular formula is C14H18N2O2. The molecule has 0 aliphatic carbocycles. The van der Waals surface area contributed by atoms with Gasteiger partial charge in [0, 0.05) is 11.3 Å². The van der Waals surface area contributed by atoms with Gasteiger partial charge in [-0.1, -0.05) is 12.1 Å². The molecule has 0 aliphatic heterocycles. The third-order valence-electron chi connectivity index (χ3n) is 2.95. The minimum absolute atomic E-state index is 0.0286. The maximum atomic E-state index is 9.33. The van der Waals surface area contributed by atoms with E-state index in [1.165, 1.54) is 0 Å². The van der Waals surface area contributed by atoms with Crippen molar-refractivity contribution in [2.45, 2.75) is 33.5 Å². The first-order valence-electron chi connectivity index (χ1n) is 5.99. The number of aryl methyl sites for hydroxylation is 2. The summed E-state index contributed by atoms with van der Waals surface area (Å²) in [6, 6.07) is 7.88. The van der Waals surface area contributed by atoms with Gasteiger partial charge in [0.05, 0.1) is 6.61 Å². The van der Waals surface area contributed by atoms with Crippen molar-refractivity contribution in [3.8, 4) is 5.75 Å². The molecule has 0 spiro atoms. The number of hydrogen-bond donors (Lipinski definition) is 2. The van der Waals surface area contributed by atoms with Crippen molar-refractivity contribution in [1.29, 1.82) is 0 Å². The zero-order valence-corrected chi connectivity index (χ0v) is 10.9. The predicted octanol–water partition coefficient (Wildman–Crippen LogP) is 2.66. The van der Waals surface area contributed by atoms with Crippen LogP contribution in [0, 0.1) is 13.8 Å². The van der Waals surface area contributed by atoms with Gasteiger partial charge in [-0.2, -0.15) is 5.10 Å². The molecule has 0 fully saturated rings. The number of hydrogen-bond acceptors (Lipinski definition) is 3. The molecule has 0 amide bonds. The van der Waals surface area contributed by atoms with Crippen LogP contribution in [0.1, 0.15) is 35.5 Å². The number of H-pyrrole nitrogens is 1. The molecule has 1 aromatic heterocycles. The third-order valence-corrected chi connectivity index (χ3v) is 2.95. The van der Waals surface area contributed by atoms with E-state index in [1.807, 2.05) is 45.0 Å². The molecule has 4 nitrogen and oxygen atoms in total. The number of aliphatic hydroxyl groups is 1. The van der Waals surface area contributed by atoms with E-state index in [-0.39, 0.29) is 12.7 Å². The third kappa shape index (κ3) is 2.54. The lowest BCUT2D eigenvalue weighted by Crippen LogP contribution is -2.06. The highest BCUT2D eigenvalue weighted by Crippen LogP contribution is 2.24. The molecule has 0 aliphatic rings. The highest BCUT2D eigenvalue weighted by atomic mass is 16.5. The van der Waals surface area contributed by atoms with Gasteiger partial charge in [-0.25, -0.2) is 0 Å². The molecule has 2 N–H and O–H groups in total. The van der Waals surface area contributed by atoms with Gasteiger partial charge in [0.15, 0.2) is 0 Å².